The molecule has 0 aliphatic rings. The molecule has 2 aromatic rings. The molecule has 0 saturated heterocycles. The molecular formula is C15H14F4N2. The molecule has 2 nitrogen and oxygen atoms in total. The first-order valence-electron chi connectivity index (χ1n) is 6.25. The predicted octanol–water partition coefficient (Wildman–Crippen LogP) is 3.90. The van der Waals surface area contributed by atoms with Crippen LogP contribution in [0.2, 0.25) is 0 Å². The first-order valence-corrected chi connectivity index (χ1v) is 6.25. The van der Waals surface area contributed by atoms with Gasteiger partial charge in [-0.1, -0.05) is 6.07 Å². The maximum atomic E-state index is 14.0. The quantitative estimate of drug-likeness (QED) is 0.854. The molecule has 1 unspecified atom stereocenters. The second-order valence-electron chi connectivity index (χ2n) is 4.92. The normalized spacial score (nSPS) is 13.3. The highest BCUT2D eigenvalue weighted by Crippen LogP contribution is 2.30. The first kappa shape index (κ1) is 15.4. The number of hydrogen-bond donors (Lipinski definition) is 1. The highest BCUT2D eigenvalue weighted by Gasteiger charge is 2.31. The lowest BCUT2D eigenvalue weighted by molar-refractivity contribution is -0.137. The number of nitrogens with zero attached hydrogens (tertiary/aromatic N) is 1. The average Bonchev–Trinajstić information content (AvgIpc) is 2.36. The number of pyridine rings is 1. The number of nitrogens with two attached hydrogens (primary N) is 1. The van der Waals surface area contributed by atoms with E-state index < -0.39 is 23.6 Å². The molecule has 1 aromatic carbocycles. The lowest BCUT2D eigenvalue weighted by Gasteiger charge is -2.16. The lowest BCUT2D eigenvalue weighted by Crippen LogP contribution is -2.17. The largest absolute Gasteiger partial charge is 0.417 e. The van der Waals surface area contributed by atoms with E-state index in [2.05, 4.69) is 4.98 Å². The smallest absolute Gasteiger partial charge is 0.319 e. The van der Waals surface area contributed by atoms with Crippen molar-refractivity contribution in [3.05, 3.63) is 64.2 Å². The number of benzene rings is 1. The van der Waals surface area contributed by atoms with Gasteiger partial charge in [0.25, 0.3) is 0 Å². The van der Waals surface area contributed by atoms with Crippen LogP contribution in [0.1, 0.15) is 34.0 Å². The summed E-state index contributed by atoms with van der Waals surface area (Å²) in [5, 5.41) is 0. The predicted molar refractivity (Wildman–Crippen MR) is 71.1 cm³/mol. The van der Waals surface area contributed by atoms with E-state index in [0.717, 1.165) is 11.6 Å². The third-order valence-corrected chi connectivity index (χ3v) is 3.22. The summed E-state index contributed by atoms with van der Waals surface area (Å²) in [4.78, 5) is 3.71. The fourth-order valence-electron chi connectivity index (χ4n) is 2.23. The molecule has 0 saturated carbocycles. The maximum absolute atomic E-state index is 14.0. The Hall–Kier alpha value is -1.95. The Morgan fingerprint density at radius 1 is 1.14 bits per heavy atom. The summed E-state index contributed by atoms with van der Waals surface area (Å²) in [6.07, 6.45) is -3.75. The Kier molecular flexibility index (Phi) is 4.00. The summed E-state index contributed by atoms with van der Waals surface area (Å²) >= 11 is 0. The molecule has 1 atom stereocenters. The fraction of sp³-hybridized carbons (Fsp3) is 0.267. The molecular weight excluding hydrogens is 284 g/mol. The van der Waals surface area contributed by atoms with Crippen molar-refractivity contribution in [2.75, 3.05) is 0 Å². The Morgan fingerprint density at radius 3 is 2.29 bits per heavy atom. The van der Waals surface area contributed by atoms with Gasteiger partial charge >= 0.3 is 6.18 Å². The molecule has 2 rings (SSSR count). The topological polar surface area (TPSA) is 38.9 Å². The summed E-state index contributed by atoms with van der Waals surface area (Å²) in [6.45, 7) is 3.46. The number of alkyl halides is 3. The zero-order valence-corrected chi connectivity index (χ0v) is 11.5. The Labute approximate surface area is 119 Å². The van der Waals surface area contributed by atoms with Gasteiger partial charge in [0.1, 0.15) is 5.82 Å². The molecule has 0 spiro atoms. The number of aromatic nitrogens is 1. The van der Waals surface area contributed by atoms with Crippen molar-refractivity contribution in [3.8, 4) is 0 Å². The van der Waals surface area contributed by atoms with E-state index in [1.165, 1.54) is 12.1 Å². The zero-order valence-electron chi connectivity index (χ0n) is 11.5. The summed E-state index contributed by atoms with van der Waals surface area (Å²) in [6, 6.07) is 4.26. The second-order valence-corrected chi connectivity index (χ2v) is 4.92. The van der Waals surface area contributed by atoms with Gasteiger partial charge in [0, 0.05) is 11.8 Å². The van der Waals surface area contributed by atoms with E-state index in [0.29, 0.717) is 11.8 Å². The van der Waals surface area contributed by atoms with Gasteiger partial charge < -0.3 is 5.73 Å². The van der Waals surface area contributed by atoms with Gasteiger partial charge in [0.05, 0.1) is 17.3 Å². The van der Waals surface area contributed by atoms with Crippen molar-refractivity contribution in [2.45, 2.75) is 26.1 Å². The number of hydrogen-bond acceptors (Lipinski definition) is 2. The zero-order chi connectivity index (χ0) is 15.8. The van der Waals surface area contributed by atoms with Crippen LogP contribution in [0.5, 0.6) is 0 Å². The Morgan fingerprint density at radius 2 is 1.81 bits per heavy atom. The van der Waals surface area contributed by atoms with Crippen molar-refractivity contribution >= 4 is 0 Å². The third-order valence-electron chi connectivity index (χ3n) is 3.22. The highest BCUT2D eigenvalue weighted by atomic mass is 19.4. The van der Waals surface area contributed by atoms with Crippen molar-refractivity contribution in [1.82, 2.24) is 4.98 Å². The van der Waals surface area contributed by atoms with Crippen LogP contribution in [0, 0.1) is 19.7 Å². The number of halogens is 4. The summed E-state index contributed by atoms with van der Waals surface area (Å²) < 4.78 is 51.5. The van der Waals surface area contributed by atoms with Gasteiger partial charge in [-0.2, -0.15) is 13.2 Å². The molecule has 2 N–H and O–H groups in total. The van der Waals surface area contributed by atoms with E-state index in [-0.39, 0.29) is 11.3 Å². The van der Waals surface area contributed by atoms with Gasteiger partial charge in [-0.15, -0.1) is 0 Å². The van der Waals surface area contributed by atoms with Crippen LogP contribution in [0.25, 0.3) is 0 Å². The molecule has 112 valence electrons. The highest BCUT2D eigenvalue weighted by molar-refractivity contribution is 5.38. The SMILES string of the molecule is Cc1cc(C)c(C(N)c2ccc(C(F)(F)F)cn2)c(F)c1. The fourth-order valence-corrected chi connectivity index (χ4v) is 2.23. The summed E-state index contributed by atoms with van der Waals surface area (Å²) in [5.41, 5.74) is 6.91. The monoisotopic (exact) mass is 298 g/mol. The first-order chi connectivity index (χ1) is 9.70. The van der Waals surface area contributed by atoms with Crippen molar-refractivity contribution < 1.29 is 17.6 Å². The van der Waals surface area contributed by atoms with Crippen LogP contribution in [0.3, 0.4) is 0 Å². The number of rotatable bonds is 2. The van der Waals surface area contributed by atoms with Crippen LogP contribution in [-0.4, -0.2) is 4.98 Å². The Balaban J connectivity index is 2.39. The minimum absolute atomic E-state index is 0.189. The van der Waals surface area contributed by atoms with Crippen LogP contribution in [0.4, 0.5) is 17.6 Å². The molecule has 0 fully saturated rings. The molecule has 0 aliphatic heterocycles. The minimum atomic E-state index is -4.46. The molecule has 0 aliphatic carbocycles. The maximum Gasteiger partial charge on any atom is 0.417 e. The average molecular weight is 298 g/mol. The molecule has 0 bridgehead atoms. The molecule has 0 amide bonds. The minimum Gasteiger partial charge on any atom is -0.319 e. The summed E-state index contributed by atoms with van der Waals surface area (Å²) in [7, 11) is 0. The molecule has 6 heteroatoms. The standard InChI is InChI=1S/C15H14F4N2/c1-8-5-9(2)13(11(16)6-8)14(20)12-4-3-10(7-21-12)15(17,18)19/h3-7,14H,20H2,1-2H3. The van der Waals surface area contributed by atoms with E-state index in [1.54, 1.807) is 19.9 Å². The van der Waals surface area contributed by atoms with Crippen molar-refractivity contribution in [1.29, 1.82) is 0 Å². The molecule has 1 aromatic heterocycles. The van der Waals surface area contributed by atoms with Gasteiger partial charge in [0.2, 0.25) is 0 Å². The lowest BCUT2D eigenvalue weighted by atomic mass is 9.96. The van der Waals surface area contributed by atoms with Gasteiger partial charge in [-0.25, -0.2) is 4.39 Å². The van der Waals surface area contributed by atoms with Crippen LogP contribution >= 0.6 is 0 Å². The summed E-state index contributed by atoms with van der Waals surface area (Å²) in [5.74, 6) is -0.485. The van der Waals surface area contributed by atoms with Crippen LogP contribution in [-0.2, 0) is 6.18 Å². The van der Waals surface area contributed by atoms with E-state index in [1.807, 2.05) is 0 Å². The van der Waals surface area contributed by atoms with Crippen molar-refractivity contribution in [2.24, 2.45) is 5.73 Å². The second kappa shape index (κ2) is 5.44. The van der Waals surface area contributed by atoms with Crippen LogP contribution in [0.15, 0.2) is 30.5 Å². The van der Waals surface area contributed by atoms with Gasteiger partial charge in [-0.05, 0) is 43.2 Å². The third kappa shape index (κ3) is 3.21. The van der Waals surface area contributed by atoms with Gasteiger partial charge in [-0.3, -0.25) is 4.98 Å². The molecule has 1 heterocycles. The van der Waals surface area contributed by atoms with E-state index in [4.69, 9.17) is 5.73 Å². The van der Waals surface area contributed by atoms with Crippen molar-refractivity contribution in [3.63, 3.8) is 0 Å². The van der Waals surface area contributed by atoms with Gasteiger partial charge in [0.15, 0.2) is 0 Å². The van der Waals surface area contributed by atoms with Crippen LogP contribution < -0.4 is 5.73 Å². The van der Waals surface area contributed by atoms with E-state index >= 15 is 0 Å². The molecule has 0 radical (unpaired) electrons. The molecule has 21 heavy (non-hydrogen) atoms. The van der Waals surface area contributed by atoms with E-state index in [9.17, 15) is 17.6 Å². The number of aryl methyl sites for hydroxylation is 2. The Bertz CT molecular complexity index is 625.